The van der Waals surface area contributed by atoms with Crippen LogP contribution in [0.25, 0.3) is 0 Å². The van der Waals surface area contributed by atoms with E-state index in [1.54, 1.807) is 20.8 Å². The number of nitrogens with one attached hydrogen (secondary N) is 1. The molecule has 0 saturated heterocycles. The third-order valence-corrected chi connectivity index (χ3v) is 2.80. The molecule has 0 aromatic heterocycles. The third kappa shape index (κ3) is 3.55. The molecule has 1 N–H and O–H groups in total. The van der Waals surface area contributed by atoms with Crippen LogP contribution in [-0.4, -0.2) is 14.0 Å². The molecule has 1 aromatic carbocycles. The standard InChI is InChI=1S/C10H14FNO3S/c1-10(2,3)15-12-16(13,14)9-7-5-4-6-8(9)11/h4-7,12H,1-3H3. The second-order valence-electron chi connectivity index (χ2n) is 4.23. The van der Waals surface area contributed by atoms with Crippen LogP contribution < -0.4 is 4.89 Å². The molecular weight excluding hydrogens is 233 g/mol. The van der Waals surface area contributed by atoms with E-state index >= 15 is 0 Å². The van der Waals surface area contributed by atoms with Crippen molar-refractivity contribution in [3.05, 3.63) is 30.1 Å². The van der Waals surface area contributed by atoms with Gasteiger partial charge in [-0.05, 0) is 32.9 Å². The molecule has 0 bridgehead atoms. The summed E-state index contributed by atoms with van der Waals surface area (Å²) in [6.45, 7) is 5.03. The monoisotopic (exact) mass is 247 g/mol. The summed E-state index contributed by atoms with van der Waals surface area (Å²) in [5.41, 5.74) is -0.682. The summed E-state index contributed by atoms with van der Waals surface area (Å²) in [4.78, 5) is 6.36. The van der Waals surface area contributed by atoms with Crippen LogP contribution in [-0.2, 0) is 14.9 Å². The molecule has 6 heteroatoms. The van der Waals surface area contributed by atoms with Crippen LogP contribution in [0.15, 0.2) is 29.2 Å². The second-order valence-corrected chi connectivity index (χ2v) is 5.84. The second kappa shape index (κ2) is 4.48. The van der Waals surface area contributed by atoms with Crippen molar-refractivity contribution in [1.82, 2.24) is 4.89 Å². The Hall–Kier alpha value is -0.980. The maximum absolute atomic E-state index is 13.2. The van der Waals surface area contributed by atoms with Crippen molar-refractivity contribution in [2.75, 3.05) is 0 Å². The van der Waals surface area contributed by atoms with Crippen LogP contribution >= 0.6 is 0 Å². The summed E-state index contributed by atoms with van der Waals surface area (Å²) in [7, 11) is -3.97. The molecular formula is C10H14FNO3S. The predicted molar refractivity (Wildman–Crippen MR) is 57.6 cm³/mol. The van der Waals surface area contributed by atoms with Crippen molar-refractivity contribution < 1.29 is 17.6 Å². The molecule has 0 atom stereocenters. The van der Waals surface area contributed by atoms with Gasteiger partial charge in [0, 0.05) is 0 Å². The normalized spacial score (nSPS) is 12.8. The molecule has 0 saturated carbocycles. The Morgan fingerprint density at radius 3 is 2.31 bits per heavy atom. The van der Waals surface area contributed by atoms with Gasteiger partial charge in [-0.2, -0.15) is 0 Å². The number of sulfonamides is 1. The Kier molecular flexibility index (Phi) is 3.67. The highest BCUT2D eigenvalue weighted by Gasteiger charge is 2.21. The highest BCUT2D eigenvalue weighted by atomic mass is 32.2. The van der Waals surface area contributed by atoms with Gasteiger partial charge in [0.05, 0.1) is 5.60 Å². The molecule has 0 fully saturated rings. The molecule has 0 aliphatic carbocycles. The first kappa shape index (κ1) is 13.1. The lowest BCUT2D eigenvalue weighted by Crippen LogP contribution is -2.33. The lowest BCUT2D eigenvalue weighted by atomic mass is 10.2. The summed E-state index contributed by atoms with van der Waals surface area (Å²) >= 11 is 0. The highest BCUT2D eigenvalue weighted by molar-refractivity contribution is 7.89. The molecule has 16 heavy (non-hydrogen) atoms. The van der Waals surface area contributed by atoms with Crippen molar-refractivity contribution >= 4 is 10.0 Å². The van der Waals surface area contributed by atoms with Crippen molar-refractivity contribution in [3.8, 4) is 0 Å². The molecule has 0 aliphatic heterocycles. The van der Waals surface area contributed by atoms with E-state index in [0.29, 0.717) is 0 Å². The molecule has 4 nitrogen and oxygen atoms in total. The number of hydrogen-bond donors (Lipinski definition) is 1. The van der Waals surface area contributed by atoms with Gasteiger partial charge < -0.3 is 0 Å². The summed E-state index contributed by atoms with van der Waals surface area (Å²) < 4.78 is 36.5. The fourth-order valence-corrected chi connectivity index (χ4v) is 1.92. The Labute approximate surface area is 94.4 Å². The summed E-state index contributed by atoms with van der Waals surface area (Å²) in [6.07, 6.45) is 0. The maximum Gasteiger partial charge on any atom is 0.265 e. The summed E-state index contributed by atoms with van der Waals surface area (Å²) in [6, 6.07) is 5.10. The minimum atomic E-state index is -3.97. The van der Waals surface area contributed by atoms with Crippen LogP contribution in [0, 0.1) is 5.82 Å². The van der Waals surface area contributed by atoms with Crippen LogP contribution in [0.2, 0.25) is 0 Å². The Bertz CT molecular complexity index is 465. The quantitative estimate of drug-likeness (QED) is 0.829. The van der Waals surface area contributed by atoms with Crippen LogP contribution in [0.1, 0.15) is 20.8 Å². The van der Waals surface area contributed by atoms with Gasteiger partial charge in [0.1, 0.15) is 10.7 Å². The zero-order valence-corrected chi connectivity index (χ0v) is 10.1. The van der Waals surface area contributed by atoms with Crippen LogP contribution in [0.5, 0.6) is 0 Å². The molecule has 1 rings (SSSR count). The van der Waals surface area contributed by atoms with E-state index in [0.717, 1.165) is 6.07 Å². The third-order valence-electron chi connectivity index (χ3n) is 1.58. The minimum absolute atomic E-state index is 0.431. The van der Waals surface area contributed by atoms with Gasteiger partial charge in [-0.15, -0.1) is 0 Å². The van der Waals surface area contributed by atoms with E-state index in [2.05, 4.69) is 0 Å². The Balaban J connectivity index is 2.92. The van der Waals surface area contributed by atoms with E-state index in [1.807, 2.05) is 4.89 Å². The zero-order valence-electron chi connectivity index (χ0n) is 9.32. The van der Waals surface area contributed by atoms with Gasteiger partial charge in [0.25, 0.3) is 10.0 Å². The fraction of sp³-hybridized carbons (Fsp3) is 0.400. The fourth-order valence-electron chi connectivity index (χ4n) is 0.887. The smallest absolute Gasteiger partial charge is 0.265 e. The average molecular weight is 247 g/mol. The number of rotatable bonds is 3. The van der Waals surface area contributed by atoms with E-state index in [9.17, 15) is 12.8 Å². The SMILES string of the molecule is CC(C)(C)ONS(=O)(=O)c1ccccc1F. The first-order valence-electron chi connectivity index (χ1n) is 4.67. The van der Waals surface area contributed by atoms with Crippen LogP contribution in [0.3, 0.4) is 0 Å². The van der Waals surface area contributed by atoms with Crippen LogP contribution in [0.4, 0.5) is 4.39 Å². The maximum atomic E-state index is 13.2. The molecule has 0 amide bonds. The molecule has 0 aliphatic rings. The van der Waals surface area contributed by atoms with Gasteiger partial charge in [0.15, 0.2) is 0 Å². The van der Waals surface area contributed by atoms with Crippen molar-refractivity contribution in [2.45, 2.75) is 31.3 Å². The number of hydrogen-bond acceptors (Lipinski definition) is 3. The number of halogens is 1. The van der Waals surface area contributed by atoms with E-state index in [-0.39, 0.29) is 0 Å². The average Bonchev–Trinajstić information content (AvgIpc) is 2.14. The molecule has 0 radical (unpaired) electrons. The topological polar surface area (TPSA) is 55.4 Å². The molecule has 1 aromatic rings. The predicted octanol–water partition coefficient (Wildman–Crippen LogP) is 1.83. The van der Waals surface area contributed by atoms with Crippen molar-refractivity contribution in [2.24, 2.45) is 0 Å². The van der Waals surface area contributed by atoms with Crippen molar-refractivity contribution in [1.29, 1.82) is 0 Å². The lowest BCUT2D eigenvalue weighted by Gasteiger charge is -2.19. The summed E-state index contributed by atoms with van der Waals surface area (Å²) in [5.74, 6) is -0.812. The molecule has 90 valence electrons. The van der Waals surface area contributed by atoms with Gasteiger partial charge in [-0.25, -0.2) is 12.8 Å². The molecule has 0 spiro atoms. The van der Waals surface area contributed by atoms with Gasteiger partial charge >= 0.3 is 0 Å². The zero-order chi connectivity index (χ0) is 12.4. The number of benzene rings is 1. The van der Waals surface area contributed by atoms with E-state index in [1.165, 1.54) is 18.2 Å². The first-order chi connectivity index (χ1) is 7.22. The Morgan fingerprint density at radius 1 is 1.25 bits per heavy atom. The molecule has 0 unspecified atom stereocenters. The van der Waals surface area contributed by atoms with Crippen molar-refractivity contribution in [3.63, 3.8) is 0 Å². The van der Waals surface area contributed by atoms with Gasteiger partial charge in [-0.1, -0.05) is 17.0 Å². The van der Waals surface area contributed by atoms with E-state index in [4.69, 9.17) is 4.84 Å². The Morgan fingerprint density at radius 2 is 1.81 bits per heavy atom. The molecule has 0 heterocycles. The lowest BCUT2D eigenvalue weighted by molar-refractivity contribution is -0.0358. The highest BCUT2D eigenvalue weighted by Crippen LogP contribution is 2.14. The van der Waals surface area contributed by atoms with Gasteiger partial charge in [-0.3, -0.25) is 4.84 Å². The van der Waals surface area contributed by atoms with E-state index < -0.39 is 26.3 Å². The van der Waals surface area contributed by atoms with Gasteiger partial charge in [0.2, 0.25) is 0 Å². The first-order valence-corrected chi connectivity index (χ1v) is 6.15. The summed E-state index contributed by atoms with van der Waals surface area (Å²) in [5, 5.41) is 0. The minimum Gasteiger partial charge on any atom is -0.281 e. The largest absolute Gasteiger partial charge is 0.281 e.